The molecule has 0 amide bonds. The zero-order valence-corrected chi connectivity index (χ0v) is 19.0. The standard InChI is InChI=1S/C16H25O.C9H9O3.Fe/c1-2-3-4-5-6-7-8-9-14-16(17)15-12-10-11-13-15;10-8(5-6-9(11)12)7-3-1-2-4-7;/h10-13H,2-9,14H2,1H3;1-4H,5-6H2,(H,11,12);/q-1;-5;. The molecule has 0 radical (unpaired) electrons. The van der Waals surface area contributed by atoms with Gasteiger partial charge in [-0.2, -0.15) is 12.1 Å². The Morgan fingerprint density at radius 3 is 1.83 bits per heavy atom. The molecule has 0 atom stereocenters. The maximum absolute atomic E-state index is 11.7. The summed E-state index contributed by atoms with van der Waals surface area (Å²) in [6.45, 7) is 2.25. The van der Waals surface area contributed by atoms with E-state index in [0.717, 1.165) is 18.4 Å². The van der Waals surface area contributed by atoms with Crippen molar-refractivity contribution in [3.8, 4) is 0 Å². The van der Waals surface area contributed by atoms with E-state index in [1.165, 1.54) is 44.9 Å². The van der Waals surface area contributed by atoms with E-state index < -0.39 is 5.97 Å². The molecule has 4 nitrogen and oxygen atoms in total. The summed E-state index contributed by atoms with van der Waals surface area (Å²) in [7, 11) is 0. The minimum absolute atomic E-state index is 0. The van der Waals surface area contributed by atoms with Crippen LogP contribution in [0.2, 0.25) is 0 Å². The number of carbonyl (C=O) groups is 3. The summed E-state index contributed by atoms with van der Waals surface area (Å²) in [6.07, 6.45) is 11.0. The molecule has 0 aromatic heterocycles. The van der Waals surface area contributed by atoms with Gasteiger partial charge in [-0.25, -0.2) is 12.1 Å². The van der Waals surface area contributed by atoms with Crippen molar-refractivity contribution in [3.05, 3.63) is 59.7 Å². The van der Waals surface area contributed by atoms with Gasteiger partial charge in [-0.1, -0.05) is 57.4 Å². The van der Waals surface area contributed by atoms with Gasteiger partial charge in [-0.3, -0.25) is 10.6 Å². The summed E-state index contributed by atoms with van der Waals surface area (Å²) in [5.41, 5.74) is 1.48. The molecular weight excluding hydrogens is 420 g/mol. The number of carboxylic acids is 1. The number of hydrogen-bond donors (Lipinski definition) is 1. The first-order valence-electron chi connectivity index (χ1n) is 10.8. The van der Waals surface area contributed by atoms with Crippen LogP contribution < -0.4 is 0 Å². The summed E-state index contributed by atoms with van der Waals surface area (Å²) in [5.74, 6) is -0.738. The summed E-state index contributed by atoms with van der Waals surface area (Å²) in [6, 6.07) is 14.6. The van der Waals surface area contributed by atoms with Crippen molar-refractivity contribution >= 4 is 17.5 Å². The first-order valence-corrected chi connectivity index (χ1v) is 10.8. The van der Waals surface area contributed by atoms with Gasteiger partial charge >= 0.3 is 5.97 Å². The predicted molar refractivity (Wildman–Crippen MR) is 117 cm³/mol. The molecule has 2 aromatic carbocycles. The normalized spacial score (nSPS) is 9.90. The largest absolute Gasteiger partial charge is 0.718 e. The van der Waals surface area contributed by atoms with Gasteiger partial charge < -0.3 is 44.5 Å². The molecular formula is C25H34FeO4-6. The van der Waals surface area contributed by atoms with Crippen LogP contribution in [0, 0.1) is 0 Å². The van der Waals surface area contributed by atoms with Crippen LogP contribution in [0.15, 0.2) is 48.5 Å². The number of aliphatic carboxylic acids is 1. The Kier molecular flexibility index (Phi) is 16.7. The van der Waals surface area contributed by atoms with E-state index in [1.54, 1.807) is 24.3 Å². The number of hydrogen-bond acceptors (Lipinski definition) is 3. The van der Waals surface area contributed by atoms with Gasteiger partial charge in [0.25, 0.3) is 0 Å². The van der Waals surface area contributed by atoms with Crippen LogP contribution in [-0.2, 0) is 21.9 Å². The monoisotopic (exact) mass is 454 g/mol. The topological polar surface area (TPSA) is 71.4 Å². The van der Waals surface area contributed by atoms with Crippen LogP contribution in [0.1, 0.15) is 98.3 Å². The SMILES string of the molecule is CCCCCCCCCCC(=O)[c-]1cccc1.O=C(O)CCC(=O)[c-]1[cH-][cH-][cH-][cH-]1.[Fe]. The zero-order chi connectivity index (χ0) is 21.3. The molecule has 0 aliphatic heterocycles. The fourth-order valence-electron chi connectivity index (χ4n) is 3.05. The van der Waals surface area contributed by atoms with E-state index >= 15 is 0 Å². The van der Waals surface area contributed by atoms with Crippen molar-refractivity contribution < 1.29 is 36.6 Å². The minimum atomic E-state index is -0.935. The van der Waals surface area contributed by atoms with Crippen LogP contribution in [0.4, 0.5) is 0 Å². The molecule has 2 rings (SSSR count). The van der Waals surface area contributed by atoms with E-state index in [1.807, 2.05) is 24.3 Å². The third-order valence-corrected chi connectivity index (χ3v) is 4.79. The third-order valence-electron chi connectivity index (χ3n) is 4.79. The Hall–Kier alpha value is -1.97. The Morgan fingerprint density at radius 1 is 0.767 bits per heavy atom. The quantitative estimate of drug-likeness (QED) is 0.152. The van der Waals surface area contributed by atoms with Crippen LogP contribution in [0.25, 0.3) is 0 Å². The molecule has 2 aromatic rings. The van der Waals surface area contributed by atoms with Gasteiger partial charge in [0.15, 0.2) is 0 Å². The van der Waals surface area contributed by atoms with Crippen molar-refractivity contribution in [1.82, 2.24) is 0 Å². The number of ketones is 2. The number of Topliss-reactive ketones (excluding diaryl/α,β-unsaturated/α-hetero) is 2. The van der Waals surface area contributed by atoms with Crippen molar-refractivity contribution in [2.24, 2.45) is 0 Å². The molecule has 0 saturated heterocycles. The average molecular weight is 454 g/mol. The van der Waals surface area contributed by atoms with Gasteiger partial charge in [0.2, 0.25) is 0 Å². The Balaban J connectivity index is 0.000000573. The van der Waals surface area contributed by atoms with Gasteiger partial charge in [0.1, 0.15) is 5.78 Å². The van der Waals surface area contributed by atoms with E-state index in [4.69, 9.17) is 5.11 Å². The minimum Gasteiger partial charge on any atom is -0.718 e. The molecule has 0 aliphatic carbocycles. The summed E-state index contributed by atoms with van der Waals surface area (Å²) < 4.78 is 0. The molecule has 0 heterocycles. The molecule has 0 saturated carbocycles. The molecule has 0 spiro atoms. The average Bonchev–Trinajstić information content (AvgIpc) is 3.42. The number of carboxylic acid groups (broad SMARTS) is 1. The van der Waals surface area contributed by atoms with Crippen LogP contribution in [-0.4, -0.2) is 22.6 Å². The molecule has 30 heavy (non-hydrogen) atoms. The van der Waals surface area contributed by atoms with Gasteiger partial charge in [-0.05, 0) is 12.8 Å². The van der Waals surface area contributed by atoms with Gasteiger partial charge in [0, 0.05) is 23.5 Å². The zero-order valence-electron chi connectivity index (χ0n) is 17.9. The van der Waals surface area contributed by atoms with Crippen molar-refractivity contribution in [2.45, 2.75) is 77.6 Å². The molecule has 0 bridgehead atoms. The molecule has 0 aliphatic rings. The van der Waals surface area contributed by atoms with E-state index in [0.29, 0.717) is 11.3 Å². The molecule has 5 heteroatoms. The summed E-state index contributed by atoms with van der Waals surface area (Å²) in [4.78, 5) is 32.9. The van der Waals surface area contributed by atoms with Crippen LogP contribution in [0.3, 0.4) is 0 Å². The summed E-state index contributed by atoms with van der Waals surface area (Å²) in [5, 5.41) is 8.31. The van der Waals surface area contributed by atoms with E-state index in [-0.39, 0.29) is 35.7 Å². The molecule has 1 N–H and O–H groups in total. The smallest absolute Gasteiger partial charge is 0.301 e. The number of carbonyl (C=O) groups excluding carboxylic acids is 2. The molecule has 0 fully saturated rings. The third kappa shape index (κ3) is 13.3. The fourth-order valence-corrected chi connectivity index (χ4v) is 3.05. The number of rotatable bonds is 14. The maximum Gasteiger partial charge on any atom is 0.301 e. The van der Waals surface area contributed by atoms with Crippen molar-refractivity contribution in [2.75, 3.05) is 0 Å². The van der Waals surface area contributed by atoms with Crippen LogP contribution >= 0.6 is 0 Å². The maximum atomic E-state index is 11.7. The molecule has 0 unspecified atom stereocenters. The van der Waals surface area contributed by atoms with Crippen LogP contribution in [0.5, 0.6) is 0 Å². The van der Waals surface area contributed by atoms with E-state index in [9.17, 15) is 14.4 Å². The first-order chi connectivity index (χ1) is 14.0. The predicted octanol–water partition coefficient (Wildman–Crippen LogP) is 6.57. The van der Waals surface area contributed by atoms with Gasteiger partial charge in [0.05, 0.1) is 0 Å². The molecule has 172 valence electrons. The second kappa shape index (κ2) is 17.9. The van der Waals surface area contributed by atoms with Crippen molar-refractivity contribution in [3.63, 3.8) is 0 Å². The Morgan fingerprint density at radius 2 is 1.30 bits per heavy atom. The van der Waals surface area contributed by atoms with Gasteiger partial charge in [-0.15, -0.1) is 6.42 Å². The summed E-state index contributed by atoms with van der Waals surface area (Å²) >= 11 is 0. The van der Waals surface area contributed by atoms with Crippen molar-refractivity contribution in [1.29, 1.82) is 0 Å². The Bertz CT molecular complexity index is 687. The Labute approximate surface area is 191 Å². The number of unbranched alkanes of at least 4 members (excludes halogenated alkanes) is 7. The van der Waals surface area contributed by atoms with E-state index in [2.05, 4.69) is 6.92 Å². The second-order valence-corrected chi connectivity index (χ2v) is 7.31. The first kappa shape index (κ1) is 28.0. The fraction of sp³-hybridized carbons (Fsp3) is 0.480. The second-order valence-electron chi connectivity index (χ2n) is 7.31.